The summed E-state index contributed by atoms with van der Waals surface area (Å²) >= 11 is 0.624. The summed E-state index contributed by atoms with van der Waals surface area (Å²) in [4.78, 5) is 38.1. The van der Waals surface area contributed by atoms with Gasteiger partial charge in [0.2, 0.25) is 11.7 Å². The molecule has 0 saturated carbocycles. The second kappa shape index (κ2) is 10.1. The SMILES string of the molecule is COc1cc(/C=C2\SC(=O)N(CC(=O)Nc3cccc(C(F)(F)F)c3)C2=O)cc(OC)c1OC. The van der Waals surface area contributed by atoms with Crippen molar-refractivity contribution in [1.82, 2.24) is 4.90 Å². The third kappa shape index (κ3) is 5.45. The standard InChI is InChI=1S/C22H19F3N2O6S/c1-31-15-7-12(8-16(32-2)19(15)33-3)9-17-20(29)27(21(30)34-17)11-18(28)26-14-6-4-5-13(10-14)22(23,24)25/h4-10H,11H2,1-3H3,(H,26,28)/b17-9-. The second-order valence-electron chi connectivity index (χ2n) is 6.85. The number of nitrogens with one attached hydrogen (secondary N) is 1. The van der Waals surface area contributed by atoms with Crippen molar-refractivity contribution in [2.24, 2.45) is 0 Å². The van der Waals surface area contributed by atoms with Crippen LogP contribution in [0.15, 0.2) is 41.3 Å². The molecule has 2 aromatic carbocycles. The summed E-state index contributed by atoms with van der Waals surface area (Å²) in [6.07, 6.45) is -3.15. The van der Waals surface area contributed by atoms with Crippen LogP contribution in [-0.2, 0) is 15.8 Å². The Kier molecular flexibility index (Phi) is 7.40. The molecular formula is C22H19F3N2O6S. The molecule has 0 spiro atoms. The number of anilines is 1. The van der Waals surface area contributed by atoms with Crippen LogP contribution >= 0.6 is 11.8 Å². The lowest BCUT2D eigenvalue weighted by Crippen LogP contribution is -2.36. The molecule has 8 nitrogen and oxygen atoms in total. The largest absolute Gasteiger partial charge is 0.493 e. The molecule has 1 saturated heterocycles. The maximum absolute atomic E-state index is 12.9. The monoisotopic (exact) mass is 496 g/mol. The summed E-state index contributed by atoms with van der Waals surface area (Å²) in [6, 6.07) is 7.19. The van der Waals surface area contributed by atoms with Crippen molar-refractivity contribution in [2.75, 3.05) is 33.2 Å². The number of thioether (sulfide) groups is 1. The molecule has 0 aliphatic carbocycles. The number of benzene rings is 2. The first-order valence-electron chi connectivity index (χ1n) is 9.60. The molecule has 1 N–H and O–H groups in total. The van der Waals surface area contributed by atoms with Gasteiger partial charge in [0, 0.05) is 5.69 Å². The van der Waals surface area contributed by atoms with Gasteiger partial charge in [-0.2, -0.15) is 13.2 Å². The van der Waals surface area contributed by atoms with E-state index in [1.54, 1.807) is 12.1 Å². The number of ether oxygens (including phenoxy) is 3. The van der Waals surface area contributed by atoms with Crippen LogP contribution in [0.3, 0.4) is 0 Å². The molecule has 0 atom stereocenters. The maximum Gasteiger partial charge on any atom is 0.416 e. The van der Waals surface area contributed by atoms with E-state index in [1.165, 1.54) is 33.5 Å². The fourth-order valence-corrected chi connectivity index (χ4v) is 3.93. The molecule has 0 radical (unpaired) electrons. The zero-order valence-corrected chi connectivity index (χ0v) is 19.0. The van der Waals surface area contributed by atoms with Gasteiger partial charge in [-0.25, -0.2) is 0 Å². The van der Waals surface area contributed by atoms with Gasteiger partial charge in [-0.1, -0.05) is 6.07 Å². The molecule has 3 amide bonds. The van der Waals surface area contributed by atoms with Crippen molar-refractivity contribution in [1.29, 1.82) is 0 Å². The third-order valence-electron chi connectivity index (χ3n) is 4.63. The lowest BCUT2D eigenvalue weighted by atomic mass is 10.1. The van der Waals surface area contributed by atoms with Crippen molar-refractivity contribution < 1.29 is 41.8 Å². The first-order valence-corrected chi connectivity index (χ1v) is 10.4. The van der Waals surface area contributed by atoms with E-state index < -0.39 is 35.3 Å². The van der Waals surface area contributed by atoms with Crippen LogP contribution in [0.4, 0.5) is 23.7 Å². The van der Waals surface area contributed by atoms with Crippen LogP contribution in [0.1, 0.15) is 11.1 Å². The first kappa shape index (κ1) is 25.0. The number of carbonyl (C=O) groups is 3. The minimum absolute atomic E-state index is 0.0474. The number of alkyl halides is 3. The predicted octanol–water partition coefficient (Wildman–Crippen LogP) is 4.41. The predicted molar refractivity (Wildman–Crippen MR) is 119 cm³/mol. The summed E-state index contributed by atoms with van der Waals surface area (Å²) < 4.78 is 54.3. The molecule has 12 heteroatoms. The number of hydrogen-bond acceptors (Lipinski definition) is 7. The van der Waals surface area contributed by atoms with E-state index in [9.17, 15) is 27.6 Å². The van der Waals surface area contributed by atoms with Gasteiger partial charge < -0.3 is 19.5 Å². The number of imide groups is 1. The smallest absolute Gasteiger partial charge is 0.416 e. The molecule has 1 fully saturated rings. The molecule has 0 bridgehead atoms. The number of hydrogen-bond donors (Lipinski definition) is 1. The first-order chi connectivity index (χ1) is 16.1. The molecule has 1 aliphatic heterocycles. The van der Waals surface area contributed by atoms with E-state index in [2.05, 4.69) is 5.32 Å². The Morgan fingerprint density at radius 2 is 1.71 bits per heavy atom. The number of nitrogens with zero attached hydrogens (tertiary/aromatic N) is 1. The molecule has 34 heavy (non-hydrogen) atoms. The Hall–Kier alpha value is -3.67. The summed E-state index contributed by atoms with van der Waals surface area (Å²) in [5, 5.41) is 1.58. The molecule has 1 heterocycles. The number of carbonyl (C=O) groups excluding carboxylic acids is 3. The van der Waals surface area contributed by atoms with Gasteiger partial charge in [-0.3, -0.25) is 19.3 Å². The van der Waals surface area contributed by atoms with Crippen LogP contribution in [0, 0.1) is 0 Å². The summed E-state index contributed by atoms with van der Waals surface area (Å²) in [5.74, 6) is -0.513. The molecule has 3 rings (SSSR count). The minimum atomic E-state index is -4.58. The normalized spacial score (nSPS) is 15.0. The molecule has 0 unspecified atom stereocenters. The third-order valence-corrected chi connectivity index (χ3v) is 5.54. The van der Waals surface area contributed by atoms with E-state index in [0.717, 1.165) is 18.2 Å². The van der Waals surface area contributed by atoms with E-state index in [-0.39, 0.29) is 10.6 Å². The van der Waals surface area contributed by atoms with E-state index in [0.29, 0.717) is 39.5 Å². The van der Waals surface area contributed by atoms with E-state index in [1.807, 2.05) is 0 Å². The Labute approximate surface area is 196 Å². The Bertz CT molecular complexity index is 1140. The average molecular weight is 496 g/mol. The lowest BCUT2D eigenvalue weighted by molar-refractivity contribution is -0.137. The van der Waals surface area contributed by atoms with Gasteiger partial charge in [0.25, 0.3) is 11.1 Å². The van der Waals surface area contributed by atoms with Crippen molar-refractivity contribution in [3.8, 4) is 17.2 Å². The summed E-state index contributed by atoms with van der Waals surface area (Å²) in [5.41, 5.74) is -0.571. The average Bonchev–Trinajstić information content (AvgIpc) is 3.05. The Balaban J connectivity index is 1.76. The molecule has 2 aromatic rings. The number of methoxy groups -OCH3 is 3. The molecule has 1 aliphatic rings. The van der Waals surface area contributed by atoms with Gasteiger partial charge in [-0.05, 0) is 53.7 Å². The van der Waals surface area contributed by atoms with Gasteiger partial charge in [0.05, 0.1) is 31.8 Å². The van der Waals surface area contributed by atoms with Crippen molar-refractivity contribution in [3.05, 3.63) is 52.4 Å². The summed E-state index contributed by atoms with van der Waals surface area (Å²) in [7, 11) is 4.30. The maximum atomic E-state index is 12.9. The molecular weight excluding hydrogens is 477 g/mol. The highest BCUT2D eigenvalue weighted by Gasteiger charge is 2.36. The van der Waals surface area contributed by atoms with Crippen LogP contribution in [0.2, 0.25) is 0 Å². The zero-order valence-electron chi connectivity index (χ0n) is 18.2. The Morgan fingerprint density at radius 1 is 1.06 bits per heavy atom. The van der Waals surface area contributed by atoms with Crippen molar-refractivity contribution in [3.63, 3.8) is 0 Å². The van der Waals surface area contributed by atoms with Crippen molar-refractivity contribution >= 4 is 40.6 Å². The van der Waals surface area contributed by atoms with E-state index in [4.69, 9.17) is 14.2 Å². The topological polar surface area (TPSA) is 94.2 Å². The highest BCUT2D eigenvalue weighted by atomic mass is 32.2. The van der Waals surface area contributed by atoms with Crippen LogP contribution < -0.4 is 19.5 Å². The Morgan fingerprint density at radius 3 is 2.26 bits per heavy atom. The second-order valence-corrected chi connectivity index (χ2v) is 7.85. The quantitative estimate of drug-likeness (QED) is 0.568. The summed E-state index contributed by atoms with van der Waals surface area (Å²) in [6.45, 7) is -0.659. The molecule has 180 valence electrons. The highest BCUT2D eigenvalue weighted by Crippen LogP contribution is 2.40. The molecule has 0 aromatic heterocycles. The number of halogens is 3. The van der Waals surface area contributed by atoms with Gasteiger partial charge in [0.1, 0.15) is 6.54 Å². The number of amides is 3. The number of rotatable bonds is 7. The zero-order chi connectivity index (χ0) is 25.0. The fraction of sp³-hybridized carbons (Fsp3) is 0.227. The van der Waals surface area contributed by atoms with Crippen molar-refractivity contribution in [2.45, 2.75) is 6.18 Å². The van der Waals surface area contributed by atoms with E-state index >= 15 is 0 Å². The van der Waals surface area contributed by atoms with Crippen LogP contribution in [-0.4, -0.2) is 49.8 Å². The highest BCUT2D eigenvalue weighted by molar-refractivity contribution is 8.18. The van der Waals surface area contributed by atoms with Gasteiger partial charge in [0.15, 0.2) is 11.5 Å². The van der Waals surface area contributed by atoms with Gasteiger partial charge in [-0.15, -0.1) is 0 Å². The van der Waals surface area contributed by atoms with Crippen LogP contribution in [0.25, 0.3) is 6.08 Å². The fourth-order valence-electron chi connectivity index (χ4n) is 3.09. The van der Waals surface area contributed by atoms with Crippen LogP contribution in [0.5, 0.6) is 17.2 Å². The lowest BCUT2D eigenvalue weighted by Gasteiger charge is -2.14. The van der Waals surface area contributed by atoms with Gasteiger partial charge >= 0.3 is 6.18 Å². The minimum Gasteiger partial charge on any atom is -0.493 e.